The molecule has 0 bridgehead atoms. The maximum atomic E-state index is 12.4. The van der Waals surface area contributed by atoms with Crippen LogP contribution in [0.4, 0.5) is 0 Å². The van der Waals surface area contributed by atoms with Crippen LogP contribution in [-0.2, 0) is 16.0 Å². The van der Waals surface area contributed by atoms with Gasteiger partial charge in [0.1, 0.15) is 0 Å². The molecule has 0 unspecified atom stereocenters. The Kier molecular flexibility index (Phi) is 14.8. The van der Waals surface area contributed by atoms with Crippen molar-refractivity contribution in [3.63, 3.8) is 0 Å². The minimum absolute atomic E-state index is 0.243. The number of esters is 2. The average Bonchev–Trinajstić information content (AvgIpc) is 2.74. The Morgan fingerprint density at radius 1 is 0.667 bits per heavy atom. The Labute approximate surface area is 183 Å². The summed E-state index contributed by atoms with van der Waals surface area (Å²) in [6, 6.07) is 5.59. The van der Waals surface area contributed by atoms with Crippen LogP contribution in [0.2, 0.25) is 0 Å². The van der Waals surface area contributed by atoms with Crippen LogP contribution in [0.5, 0.6) is 11.5 Å². The summed E-state index contributed by atoms with van der Waals surface area (Å²) in [7, 11) is 0. The number of hydrogen-bond acceptors (Lipinski definition) is 4. The number of carbonyl (C=O) groups is 2. The first kappa shape index (κ1) is 26.2. The van der Waals surface area contributed by atoms with Gasteiger partial charge in [-0.1, -0.05) is 90.7 Å². The van der Waals surface area contributed by atoms with E-state index in [1.807, 2.05) is 12.1 Å². The van der Waals surface area contributed by atoms with Gasteiger partial charge in [-0.2, -0.15) is 0 Å². The molecule has 4 nitrogen and oxygen atoms in total. The fourth-order valence-corrected chi connectivity index (χ4v) is 3.43. The van der Waals surface area contributed by atoms with Crippen LogP contribution in [0.15, 0.2) is 18.2 Å². The van der Waals surface area contributed by atoms with Gasteiger partial charge in [0.15, 0.2) is 11.5 Å². The van der Waals surface area contributed by atoms with E-state index in [0.29, 0.717) is 24.3 Å². The minimum atomic E-state index is -0.255. The third-order valence-electron chi connectivity index (χ3n) is 5.27. The number of benzene rings is 1. The fourth-order valence-electron chi connectivity index (χ4n) is 3.43. The molecule has 1 rings (SSSR count). The molecule has 0 fully saturated rings. The van der Waals surface area contributed by atoms with E-state index >= 15 is 0 Å². The van der Waals surface area contributed by atoms with Crippen LogP contribution < -0.4 is 9.47 Å². The molecular formula is C26H42O4. The fraction of sp³-hybridized carbons (Fsp3) is 0.692. The number of para-hydroxylation sites is 1. The van der Waals surface area contributed by atoms with E-state index in [1.165, 1.54) is 12.8 Å². The largest absolute Gasteiger partial charge is 0.423 e. The van der Waals surface area contributed by atoms with E-state index < -0.39 is 0 Å². The normalized spacial score (nSPS) is 10.8. The van der Waals surface area contributed by atoms with E-state index in [-0.39, 0.29) is 11.9 Å². The molecule has 0 aromatic heterocycles. The highest BCUT2D eigenvalue weighted by molar-refractivity contribution is 5.76. The second-order valence-electron chi connectivity index (χ2n) is 8.12. The standard InChI is InChI=1S/C26H42O4/c1-4-7-10-13-17-22-18-16-19-23(29-24(27)20-14-11-8-5-2)26(22)30-25(28)21-15-12-9-6-3/h16,18-19H,4-15,17,20-21H2,1-3H3. The van der Waals surface area contributed by atoms with Crippen LogP contribution in [0, 0.1) is 0 Å². The van der Waals surface area contributed by atoms with E-state index in [0.717, 1.165) is 76.2 Å². The van der Waals surface area contributed by atoms with Crippen molar-refractivity contribution >= 4 is 11.9 Å². The van der Waals surface area contributed by atoms with Gasteiger partial charge in [0.05, 0.1) is 0 Å². The second-order valence-corrected chi connectivity index (χ2v) is 8.12. The molecule has 0 saturated heterocycles. The Morgan fingerprint density at radius 2 is 1.20 bits per heavy atom. The molecule has 1 aromatic rings. The quantitative estimate of drug-likeness (QED) is 0.149. The molecule has 0 heterocycles. The zero-order valence-corrected chi connectivity index (χ0v) is 19.5. The number of ether oxygens (including phenoxy) is 2. The predicted molar refractivity (Wildman–Crippen MR) is 123 cm³/mol. The number of aryl methyl sites for hydroxylation is 1. The summed E-state index contributed by atoms with van der Waals surface area (Å²) in [5.41, 5.74) is 0.948. The van der Waals surface area contributed by atoms with Crippen molar-refractivity contribution in [3.05, 3.63) is 23.8 Å². The highest BCUT2D eigenvalue weighted by Crippen LogP contribution is 2.33. The van der Waals surface area contributed by atoms with Gasteiger partial charge in [-0.15, -0.1) is 0 Å². The molecule has 170 valence electrons. The van der Waals surface area contributed by atoms with Crippen molar-refractivity contribution in [2.24, 2.45) is 0 Å². The van der Waals surface area contributed by atoms with Crippen LogP contribution >= 0.6 is 0 Å². The Bertz CT molecular complexity index is 609. The Hall–Kier alpha value is -1.84. The predicted octanol–water partition coefficient (Wildman–Crippen LogP) is 7.56. The maximum absolute atomic E-state index is 12.4. The Balaban J connectivity index is 2.80. The van der Waals surface area contributed by atoms with Gasteiger partial charge in [0, 0.05) is 12.8 Å². The number of hydrogen-bond donors (Lipinski definition) is 0. The summed E-state index contributed by atoms with van der Waals surface area (Å²) in [5, 5.41) is 0. The lowest BCUT2D eigenvalue weighted by molar-refractivity contribution is -0.137. The number of rotatable bonds is 17. The van der Waals surface area contributed by atoms with Crippen LogP contribution in [-0.4, -0.2) is 11.9 Å². The molecule has 30 heavy (non-hydrogen) atoms. The molecule has 4 heteroatoms. The van der Waals surface area contributed by atoms with Crippen molar-refractivity contribution in [2.45, 2.75) is 117 Å². The van der Waals surface area contributed by atoms with Crippen molar-refractivity contribution in [1.82, 2.24) is 0 Å². The smallest absolute Gasteiger partial charge is 0.311 e. The van der Waals surface area contributed by atoms with E-state index in [2.05, 4.69) is 20.8 Å². The summed E-state index contributed by atoms with van der Waals surface area (Å²) in [6.45, 7) is 6.48. The topological polar surface area (TPSA) is 52.6 Å². The van der Waals surface area contributed by atoms with Crippen molar-refractivity contribution < 1.29 is 19.1 Å². The van der Waals surface area contributed by atoms with Gasteiger partial charge >= 0.3 is 11.9 Å². The molecule has 0 aliphatic heterocycles. The molecule has 0 atom stereocenters. The van der Waals surface area contributed by atoms with Crippen LogP contribution in [0.3, 0.4) is 0 Å². The molecule has 0 spiro atoms. The SMILES string of the molecule is CCCCCCC(=O)Oc1cccc(CCCCCC)c1OC(=O)CCCCCC. The first-order valence-electron chi connectivity index (χ1n) is 12.2. The zero-order chi connectivity index (χ0) is 22.0. The van der Waals surface area contributed by atoms with E-state index in [1.54, 1.807) is 6.07 Å². The van der Waals surface area contributed by atoms with Crippen molar-refractivity contribution in [3.8, 4) is 11.5 Å². The zero-order valence-electron chi connectivity index (χ0n) is 19.5. The first-order valence-corrected chi connectivity index (χ1v) is 12.2. The minimum Gasteiger partial charge on any atom is -0.423 e. The third kappa shape index (κ3) is 11.4. The molecule has 0 amide bonds. The highest BCUT2D eigenvalue weighted by atomic mass is 16.6. The lowest BCUT2D eigenvalue weighted by atomic mass is 10.0. The molecule has 1 aromatic carbocycles. The molecular weight excluding hydrogens is 376 g/mol. The van der Waals surface area contributed by atoms with Gasteiger partial charge in [0.2, 0.25) is 0 Å². The average molecular weight is 419 g/mol. The Morgan fingerprint density at radius 3 is 1.77 bits per heavy atom. The van der Waals surface area contributed by atoms with Crippen molar-refractivity contribution in [2.75, 3.05) is 0 Å². The summed E-state index contributed by atoms with van der Waals surface area (Å²) in [6.07, 6.45) is 14.4. The summed E-state index contributed by atoms with van der Waals surface area (Å²) in [5.74, 6) is 0.323. The lowest BCUT2D eigenvalue weighted by Gasteiger charge is -2.15. The molecule has 0 aliphatic rings. The van der Waals surface area contributed by atoms with E-state index in [4.69, 9.17) is 9.47 Å². The highest BCUT2D eigenvalue weighted by Gasteiger charge is 2.17. The lowest BCUT2D eigenvalue weighted by Crippen LogP contribution is -2.13. The molecule has 0 radical (unpaired) electrons. The van der Waals surface area contributed by atoms with Crippen molar-refractivity contribution in [1.29, 1.82) is 0 Å². The van der Waals surface area contributed by atoms with Crippen LogP contribution in [0.1, 0.15) is 116 Å². The van der Waals surface area contributed by atoms with E-state index in [9.17, 15) is 9.59 Å². The molecule has 0 aliphatic carbocycles. The van der Waals surface area contributed by atoms with Gasteiger partial charge in [-0.25, -0.2) is 0 Å². The van der Waals surface area contributed by atoms with Gasteiger partial charge in [-0.3, -0.25) is 9.59 Å². The second kappa shape index (κ2) is 16.9. The molecule has 0 N–H and O–H groups in total. The van der Waals surface area contributed by atoms with Gasteiger partial charge < -0.3 is 9.47 Å². The number of carbonyl (C=O) groups excluding carboxylic acids is 2. The number of unbranched alkanes of at least 4 members (excludes halogenated alkanes) is 9. The third-order valence-corrected chi connectivity index (χ3v) is 5.27. The maximum Gasteiger partial charge on any atom is 0.311 e. The first-order chi connectivity index (χ1) is 14.6. The summed E-state index contributed by atoms with van der Waals surface area (Å²) in [4.78, 5) is 24.7. The monoisotopic (exact) mass is 418 g/mol. The van der Waals surface area contributed by atoms with Gasteiger partial charge in [0.25, 0.3) is 0 Å². The molecule has 0 saturated carbocycles. The summed E-state index contributed by atoms with van der Waals surface area (Å²) < 4.78 is 11.4. The van der Waals surface area contributed by atoms with Gasteiger partial charge in [-0.05, 0) is 37.3 Å². The van der Waals surface area contributed by atoms with Crippen LogP contribution in [0.25, 0.3) is 0 Å². The summed E-state index contributed by atoms with van der Waals surface area (Å²) >= 11 is 0.